The first-order chi connectivity index (χ1) is 9.13. The number of benzene rings is 1. The van der Waals surface area contributed by atoms with Crippen LogP contribution in [0.3, 0.4) is 0 Å². The van der Waals surface area contributed by atoms with Crippen molar-refractivity contribution < 1.29 is 0 Å². The Kier molecular flexibility index (Phi) is 3.28. The minimum absolute atomic E-state index is 0.640. The van der Waals surface area contributed by atoms with Gasteiger partial charge in [0.05, 0.1) is 5.52 Å². The number of aromatic nitrogens is 1. The highest BCUT2D eigenvalue weighted by molar-refractivity contribution is 5.80. The molecule has 2 nitrogen and oxygen atoms in total. The predicted octanol–water partition coefficient (Wildman–Crippen LogP) is 3.66. The molecule has 19 heavy (non-hydrogen) atoms. The van der Waals surface area contributed by atoms with E-state index in [-0.39, 0.29) is 0 Å². The van der Waals surface area contributed by atoms with Gasteiger partial charge in [-0.05, 0) is 70.1 Å². The fourth-order valence-electron chi connectivity index (χ4n) is 3.09. The van der Waals surface area contributed by atoms with Gasteiger partial charge in [0, 0.05) is 17.0 Å². The van der Waals surface area contributed by atoms with Gasteiger partial charge in [-0.3, -0.25) is 4.98 Å². The summed E-state index contributed by atoms with van der Waals surface area (Å²) in [4.78, 5) is 7.38. The standard InChI is InChI=1S/C17H22N2/c1-12-4-5-15-11-13(2)17(18-16(15)10-12)14-6-8-19(3)9-7-14/h4-5,10-11,14H,6-9H2,1-3H3. The summed E-state index contributed by atoms with van der Waals surface area (Å²) in [5, 5.41) is 1.26. The number of rotatable bonds is 1. The smallest absolute Gasteiger partial charge is 0.0708 e. The molecule has 1 aliphatic rings. The molecule has 0 bridgehead atoms. The van der Waals surface area contributed by atoms with Crippen LogP contribution >= 0.6 is 0 Å². The molecular formula is C17H22N2. The first-order valence-corrected chi connectivity index (χ1v) is 7.20. The summed E-state index contributed by atoms with van der Waals surface area (Å²) in [6.45, 7) is 6.73. The van der Waals surface area contributed by atoms with E-state index < -0.39 is 0 Å². The van der Waals surface area contributed by atoms with Gasteiger partial charge >= 0.3 is 0 Å². The number of likely N-dealkylation sites (tertiary alicyclic amines) is 1. The van der Waals surface area contributed by atoms with Gasteiger partial charge in [0.1, 0.15) is 0 Å². The molecule has 0 unspecified atom stereocenters. The Balaban J connectivity index is 2.00. The van der Waals surface area contributed by atoms with Crippen LogP contribution < -0.4 is 0 Å². The Morgan fingerprint density at radius 3 is 2.58 bits per heavy atom. The molecule has 100 valence electrons. The molecule has 0 N–H and O–H groups in total. The maximum atomic E-state index is 4.97. The maximum absolute atomic E-state index is 4.97. The van der Waals surface area contributed by atoms with Gasteiger partial charge < -0.3 is 4.90 Å². The number of aryl methyl sites for hydroxylation is 2. The third-order valence-electron chi connectivity index (χ3n) is 4.31. The Labute approximate surface area is 115 Å². The van der Waals surface area contributed by atoms with Gasteiger partial charge in [-0.2, -0.15) is 0 Å². The molecule has 2 aromatic rings. The van der Waals surface area contributed by atoms with Gasteiger partial charge in [0.2, 0.25) is 0 Å². The first kappa shape index (κ1) is 12.6. The molecule has 3 rings (SSSR count). The second kappa shape index (κ2) is 4.93. The number of fused-ring (bicyclic) bond motifs is 1. The van der Waals surface area contributed by atoms with E-state index in [1.54, 1.807) is 0 Å². The van der Waals surface area contributed by atoms with Crippen LogP contribution in [0.5, 0.6) is 0 Å². The molecule has 1 aromatic carbocycles. The van der Waals surface area contributed by atoms with Crippen LogP contribution in [0.15, 0.2) is 24.3 Å². The topological polar surface area (TPSA) is 16.1 Å². The lowest BCUT2D eigenvalue weighted by Gasteiger charge is -2.29. The van der Waals surface area contributed by atoms with Crippen LogP contribution in [0.4, 0.5) is 0 Å². The van der Waals surface area contributed by atoms with E-state index in [9.17, 15) is 0 Å². The second-order valence-electron chi connectivity index (χ2n) is 5.96. The fraction of sp³-hybridized carbons (Fsp3) is 0.471. The molecular weight excluding hydrogens is 232 g/mol. The zero-order valence-electron chi connectivity index (χ0n) is 12.1. The van der Waals surface area contributed by atoms with Crippen molar-refractivity contribution in [1.29, 1.82) is 0 Å². The van der Waals surface area contributed by atoms with Crippen molar-refractivity contribution in [3.63, 3.8) is 0 Å². The first-order valence-electron chi connectivity index (χ1n) is 7.20. The van der Waals surface area contributed by atoms with Crippen LogP contribution in [0, 0.1) is 13.8 Å². The summed E-state index contributed by atoms with van der Waals surface area (Å²) in [5.74, 6) is 0.640. The van der Waals surface area contributed by atoms with Crippen molar-refractivity contribution in [2.45, 2.75) is 32.6 Å². The van der Waals surface area contributed by atoms with Gasteiger partial charge in [-0.15, -0.1) is 0 Å². The SMILES string of the molecule is Cc1ccc2cc(C)c(C3CCN(C)CC3)nc2c1. The van der Waals surface area contributed by atoms with Crippen molar-refractivity contribution in [2.75, 3.05) is 20.1 Å². The van der Waals surface area contributed by atoms with Gasteiger partial charge in [0.25, 0.3) is 0 Å². The van der Waals surface area contributed by atoms with E-state index in [2.05, 4.69) is 50.1 Å². The Bertz CT molecular complexity index is 595. The average molecular weight is 254 g/mol. The van der Waals surface area contributed by atoms with Crippen molar-refractivity contribution >= 4 is 10.9 Å². The van der Waals surface area contributed by atoms with E-state index in [1.807, 2.05) is 0 Å². The minimum Gasteiger partial charge on any atom is -0.306 e. The summed E-state index contributed by atoms with van der Waals surface area (Å²) in [5.41, 5.74) is 5.12. The molecule has 1 aliphatic heterocycles. The minimum atomic E-state index is 0.640. The lowest BCUT2D eigenvalue weighted by molar-refractivity contribution is 0.253. The Morgan fingerprint density at radius 2 is 1.84 bits per heavy atom. The number of hydrogen-bond donors (Lipinski definition) is 0. The predicted molar refractivity (Wildman–Crippen MR) is 80.7 cm³/mol. The lowest BCUT2D eigenvalue weighted by atomic mass is 9.90. The zero-order chi connectivity index (χ0) is 13.4. The summed E-state index contributed by atoms with van der Waals surface area (Å²) in [6, 6.07) is 8.85. The van der Waals surface area contributed by atoms with Crippen LogP contribution in [0.1, 0.15) is 35.6 Å². The van der Waals surface area contributed by atoms with Crippen molar-refractivity contribution in [2.24, 2.45) is 0 Å². The summed E-state index contributed by atoms with van der Waals surface area (Å²) in [7, 11) is 2.21. The van der Waals surface area contributed by atoms with Crippen LogP contribution in [0.2, 0.25) is 0 Å². The number of pyridine rings is 1. The second-order valence-corrected chi connectivity index (χ2v) is 5.96. The summed E-state index contributed by atoms with van der Waals surface area (Å²) >= 11 is 0. The highest BCUT2D eigenvalue weighted by Crippen LogP contribution is 2.30. The van der Waals surface area contributed by atoms with E-state index in [0.717, 1.165) is 5.52 Å². The molecule has 1 saturated heterocycles. The third-order valence-corrected chi connectivity index (χ3v) is 4.31. The molecule has 1 aromatic heterocycles. The molecule has 0 amide bonds. The van der Waals surface area contributed by atoms with Crippen molar-refractivity contribution in [1.82, 2.24) is 9.88 Å². The van der Waals surface area contributed by atoms with Crippen LogP contribution in [-0.4, -0.2) is 30.0 Å². The van der Waals surface area contributed by atoms with E-state index in [1.165, 1.54) is 48.1 Å². The molecule has 2 heterocycles. The van der Waals surface area contributed by atoms with E-state index in [0.29, 0.717) is 5.92 Å². The number of hydrogen-bond acceptors (Lipinski definition) is 2. The highest BCUT2D eigenvalue weighted by Gasteiger charge is 2.21. The Hall–Kier alpha value is -1.41. The molecule has 0 radical (unpaired) electrons. The number of nitrogens with zero attached hydrogens (tertiary/aromatic N) is 2. The highest BCUT2D eigenvalue weighted by atomic mass is 15.1. The van der Waals surface area contributed by atoms with E-state index in [4.69, 9.17) is 4.98 Å². The summed E-state index contributed by atoms with van der Waals surface area (Å²) in [6.07, 6.45) is 2.48. The van der Waals surface area contributed by atoms with Crippen molar-refractivity contribution in [3.05, 3.63) is 41.1 Å². The summed E-state index contributed by atoms with van der Waals surface area (Å²) < 4.78 is 0. The molecule has 0 aliphatic carbocycles. The molecule has 2 heteroatoms. The number of piperidine rings is 1. The van der Waals surface area contributed by atoms with Crippen molar-refractivity contribution in [3.8, 4) is 0 Å². The van der Waals surface area contributed by atoms with Gasteiger partial charge in [0.15, 0.2) is 0 Å². The normalized spacial score (nSPS) is 18.1. The fourth-order valence-corrected chi connectivity index (χ4v) is 3.09. The largest absolute Gasteiger partial charge is 0.306 e. The molecule has 0 saturated carbocycles. The average Bonchev–Trinajstić information content (AvgIpc) is 2.40. The third kappa shape index (κ3) is 2.50. The monoisotopic (exact) mass is 254 g/mol. The maximum Gasteiger partial charge on any atom is 0.0708 e. The van der Waals surface area contributed by atoms with Crippen LogP contribution in [-0.2, 0) is 0 Å². The van der Waals surface area contributed by atoms with Gasteiger partial charge in [-0.1, -0.05) is 12.1 Å². The quantitative estimate of drug-likeness (QED) is 0.772. The lowest BCUT2D eigenvalue weighted by Crippen LogP contribution is -2.29. The Morgan fingerprint density at radius 1 is 1.11 bits per heavy atom. The van der Waals surface area contributed by atoms with Gasteiger partial charge in [-0.25, -0.2) is 0 Å². The van der Waals surface area contributed by atoms with Crippen LogP contribution in [0.25, 0.3) is 10.9 Å². The van der Waals surface area contributed by atoms with E-state index >= 15 is 0 Å². The zero-order valence-corrected chi connectivity index (χ0v) is 12.1. The molecule has 0 spiro atoms. The molecule has 1 fully saturated rings. The molecule has 0 atom stereocenters.